The van der Waals surface area contributed by atoms with Crippen molar-refractivity contribution >= 4 is 19.8 Å². The first-order valence-corrected chi connectivity index (χ1v) is 20.6. The van der Waals surface area contributed by atoms with Crippen LogP contribution in [0.4, 0.5) is 0 Å². The summed E-state index contributed by atoms with van der Waals surface area (Å²) in [4.78, 5) is 34.7. The van der Waals surface area contributed by atoms with Crippen LogP contribution in [0, 0.1) is 0 Å². The fourth-order valence-corrected chi connectivity index (χ4v) is 5.95. The number of phosphoric ester groups is 1. The van der Waals surface area contributed by atoms with Crippen LogP contribution in [0.5, 0.6) is 0 Å². The maximum absolute atomic E-state index is 12.5. The molecule has 10 nitrogen and oxygen atoms in total. The highest BCUT2D eigenvalue weighted by Crippen LogP contribution is 2.43. The molecule has 0 heterocycles. The molecule has 48 heavy (non-hydrogen) atoms. The zero-order valence-electron chi connectivity index (χ0n) is 30.5. The number of hydrogen-bond acceptors (Lipinski definition) is 9. The van der Waals surface area contributed by atoms with E-state index in [0.717, 1.165) is 38.5 Å². The van der Waals surface area contributed by atoms with Crippen molar-refractivity contribution in [1.29, 1.82) is 0 Å². The number of allylic oxidation sites excluding steroid dienone is 2. The molecule has 0 spiro atoms. The van der Waals surface area contributed by atoms with E-state index in [-0.39, 0.29) is 19.4 Å². The number of carbonyl (C=O) groups is 2. The molecule has 0 aromatic heterocycles. The van der Waals surface area contributed by atoms with Crippen LogP contribution in [-0.4, -0.2) is 65.7 Å². The number of hydrogen-bond donors (Lipinski definition) is 3. The molecular formula is C37H71O10P. The third-order valence-corrected chi connectivity index (χ3v) is 9.12. The van der Waals surface area contributed by atoms with Crippen LogP contribution in [0.2, 0.25) is 0 Å². The Morgan fingerprint density at radius 3 is 1.54 bits per heavy atom. The van der Waals surface area contributed by atoms with Gasteiger partial charge in [0, 0.05) is 12.8 Å². The van der Waals surface area contributed by atoms with E-state index in [1.807, 2.05) is 0 Å². The van der Waals surface area contributed by atoms with E-state index in [9.17, 15) is 24.2 Å². The molecule has 0 aromatic rings. The van der Waals surface area contributed by atoms with Crippen LogP contribution in [0.15, 0.2) is 12.2 Å². The number of aliphatic hydroxyl groups excluding tert-OH is 2. The van der Waals surface area contributed by atoms with E-state index in [1.165, 1.54) is 96.3 Å². The molecule has 0 bridgehead atoms. The number of carbonyl (C=O) groups excluding carboxylic acids is 2. The third kappa shape index (κ3) is 33.2. The van der Waals surface area contributed by atoms with E-state index < -0.39 is 51.8 Å². The molecule has 0 saturated carbocycles. The molecule has 0 aliphatic carbocycles. The Morgan fingerprint density at radius 2 is 1.02 bits per heavy atom. The Kier molecular flexibility index (Phi) is 33.3. The minimum absolute atomic E-state index is 0.184. The molecule has 0 fully saturated rings. The van der Waals surface area contributed by atoms with Crippen molar-refractivity contribution in [1.82, 2.24) is 0 Å². The van der Waals surface area contributed by atoms with E-state index in [4.69, 9.17) is 19.1 Å². The second-order valence-electron chi connectivity index (χ2n) is 13.0. The lowest BCUT2D eigenvalue weighted by atomic mass is 10.1. The molecule has 0 amide bonds. The molecule has 3 atom stereocenters. The monoisotopic (exact) mass is 706 g/mol. The highest BCUT2D eigenvalue weighted by molar-refractivity contribution is 7.47. The minimum atomic E-state index is -4.61. The summed E-state index contributed by atoms with van der Waals surface area (Å²) in [6.07, 6.45) is 29.0. The maximum Gasteiger partial charge on any atom is 0.472 e. The molecule has 0 aromatic carbocycles. The van der Waals surface area contributed by atoms with E-state index >= 15 is 0 Å². The predicted molar refractivity (Wildman–Crippen MR) is 192 cm³/mol. The van der Waals surface area contributed by atoms with Crippen LogP contribution in [-0.2, 0) is 32.7 Å². The molecule has 0 saturated heterocycles. The van der Waals surface area contributed by atoms with E-state index in [2.05, 4.69) is 30.5 Å². The summed E-state index contributed by atoms with van der Waals surface area (Å²) in [5.41, 5.74) is 0. The fraction of sp³-hybridized carbons (Fsp3) is 0.892. The SMILES string of the molecule is CCCCCCCCCCC/C=C/CCCCC(=O)OC[C@@H](COP(=O)(O)OC[C@H](O)CO)OC(=O)CCCCCCCCCCCC. The minimum Gasteiger partial charge on any atom is -0.462 e. The van der Waals surface area contributed by atoms with Gasteiger partial charge in [-0.05, 0) is 38.5 Å². The molecule has 0 aliphatic rings. The van der Waals surface area contributed by atoms with Crippen LogP contribution in [0.1, 0.15) is 174 Å². The maximum atomic E-state index is 12.5. The Labute approximate surface area is 292 Å². The van der Waals surface area contributed by atoms with Crippen LogP contribution < -0.4 is 0 Å². The van der Waals surface area contributed by atoms with Gasteiger partial charge in [-0.3, -0.25) is 18.6 Å². The number of unbranched alkanes of at least 4 members (excludes halogenated alkanes) is 20. The lowest BCUT2D eigenvalue weighted by Gasteiger charge is -2.20. The molecule has 0 rings (SSSR count). The quantitative estimate of drug-likeness (QED) is 0.0249. The second-order valence-corrected chi connectivity index (χ2v) is 14.4. The van der Waals surface area contributed by atoms with Gasteiger partial charge in [0.1, 0.15) is 12.7 Å². The Hall–Kier alpha value is -1.29. The van der Waals surface area contributed by atoms with Crippen molar-refractivity contribution in [3.05, 3.63) is 12.2 Å². The van der Waals surface area contributed by atoms with Gasteiger partial charge in [-0.2, -0.15) is 0 Å². The van der Waals surface area contributed by atoms with Gasteiger partial charge >= 0.3 is 19.8 Å². The molecular weight excluding hydrogens is 635 g/mol. The molecule has 284 valence electrons. The van der Waals surface area contributed by atoms with Gasteiger partial charge < -0.3 is 24.6 Å². The van der Waals surface area contributed by atoms with Crippen molar-refractivity contribution in [2.45, 2.75) is 187 Å². The Bertz CT molecular complexity index is 822. The smallest absolute Gasteiger partial charge is 0.462 e. The van der Waals surface area contributed by atoms with Gasteiger partial charge in [0.15, 0.2) is 6.10 Å². The Morgan fingerprint density at radius 1 is 0.604 bits per heavy atom. The third-order valence-electron chi connectivity index (χ3n) is 8.17. The first kappa shape index (κ1) is 46.7. The van der Waals surface area contributed by atoms with Gasteiger partial charge in [0.05, 0.1) is 19.8 Å². The van der Waals surface area contributed by atoms with E-state index in [0.29, 0.717) is 12.8 Å². The molecule has 1 unspecified atom stereocenters. The lowest BCUT2D eigenvalue weighted by molar-refractivity contribution is -0.161. The average molecular weight is 707 g/mol. The predicted octanol–water partition coefficient (Wildman–Crippen LogP) is 9.28. The Balaban J connectivity index is 4.35. The zero-order chi connectivity index (χ0) is 35.6. The van der Waals surface area contributed by atoms with Crippen LogP contribution in [0.25, 0.3) is 0 Å². The van der Waals surface area contributed by atoms with Crippen LogP contribution >= 0.6 is 7.82 Å². The van der Waals surface area contributed by atoms with Gasteiger partial charge in [0.2, 0.25) is 0 Å². The fourth-order valence-electron chi connectivity index (χ4n) is 5.16. The first-order chi connectivity index (χ1) is 23.2. The van der Waals surface area contributed by atoms with Gasteiger partial charge in [-0.25, -0.2) is 4.57 Å². The molecule has 0 aliphatic heterocycles. The largest absolute Gasteiger partial charge is 0.472 e. The van der Waals surface area contributed by atoms with Gasteiger partial charge in [0.25, 0.3) is 0 Å². The van der Waals surface area contributed by atoms with Crippen molar-refractivity contribution in [2.24, 2.45) is 0 Å². The number of aliphatic hydroxyl groups is 2. The van der Waals surface area contributed by atoms with Gasteiger partial charge in [-0.15, -0.1) is 0 Å². The van der Waals surface area contributed by atoms with E-state index in [1.54, 1.807) is 0 Å². The number of ether oxygens (including phenoxy) is 2. The highest BCUT2D eigenvalue weighted by atomic mass is 31.2. The number of rotatable bonds is 36. The van der Waals surface area contributed by atoms with Crippen molar-refractivity contribution in [2.75, 3.05) is 26.4 Å². The summed E-state index contributed by atoms with van der Waals surface area (Å²) in [6, 6.07) is 0. The first-order valence-electron chi connectivity index (χ1n) is 19.1. The molecule has 3 N–H and O–H groups in total. The summed E-state index contributed by atoms with van der Waals surface area (Å²) in [7, 11) is -4.61. The average Bonchev–Trinajstić information content (AvgIpc) is 3.07. The van der Waals surface area contributed by atoms with Crippen LogP contribution in [0.3, 0.4) is 0 Å². The standard InChI is InChI=1S/C37H71O10P/c1-3-5-7-9-11-13-15-16-17-18-19-21-22-24-26-28-36(40)44-32-35(33-46-48(42,43)45-31-34(39)30-38)47-37(41)29-27-25-23-20-14-12-10-8-6-4-2/h19,21,34-35,38-39H,3-18,20,22-33H2,1-2H3,(H,42,43)/b21-19+/t34-,35+/m1/s1. The lowest BCUT2D eigenvalue weighted by Crippen LogP contribution is -2.29. The van der Waals surface area contributed by atoms with Crippen molar-refractivity contribution < 1.29 is 47.8 Å². The number of esters is 2. The summed E-state index contributed by atoms with van der Waals surface area (Å²) in [5.74, 6) is -0.947. The summed E-state index contributed by atoms with van der Waals surface area (Å²) < 4.78 is 32.5. The second kappa shape index (κ2) is 34.2. The summed E-state index contributed by atoms with van der Waals surface area (Å²) in [5, 5.41) is 18.2. The zero-order valence-corrected chi connectivity index (χ0v) is 31.4. The molecule has 0 radical (unpaired) electrons. The van der Waals surface area contributed by atoms with Crippen molar-refractivity contribution in [3.63, 3.8) is 0 Å². The summed E-state index contributed by atoms with van der Waals surface area (Å²) in [6.45, 7) is 2.33. The normalized spacial score (nSPS) is 14.2. The van der Waals surface area contributed by atoms with Crippen molar-refractivity contribution in [3.8, 4) is 0 Å². The number of phosphoric acid groups is 1. The summed E-state index contributed by atoms with van der Waals surface area (Å²) >= 11 is 0. The van der Waals surface area contributed by atoms with Gasteiger partial charge in [-0.1, -0.05) is 135 Å². The topological polar surface area (TPSA) is 149 Å². The molecule has 11 heteroatoms. The highest BCUT2D eigenvalue weighted by Gasteiger charge is 2.27.